The van der Waals surface area contributed by atoms with E-state index in [1.807, 2.05) is 24.3 Å². The summed E-state index contributed by atoms with van der Waals surface area (Å²) in [6.45, 7) is 1.91. The Hall–Kier alpha value is -3.50. The molecule has 1 aliphatic heterocycles. The first-order valence-electron chi connectivity index (χ1n) is 12.5. The lowest BCUT2D eigenvalue weighted by molar-refractivity contribution is -0.119. The van der Waals surface area contributed by atoms with Crippen molar-refractivity contribution in [3.05, 3.63) is 95.8 Å². The van der Waals surface area contributed by atoms with Crippen LogP contribution in [0.3, 0.4) is 0 Å². The van der Waals surface area contributed by atoms with Gasteiger partial charge in [-0.25, -0.2) is 8.42 Å². The van der Waals surface area contributed by atoms with Gasteiger partial charge in [0.25, 0.3) is 5.91 Å². The van der Waals surface area contributed by atoms with Crippen LogP contribution in [0.15, 0.2) is 90.1 Å². The molecule has 5 rings (SSSR count). The van der Waals surface area contributed by atoms with Crippen molar-refractivity contribution >= 4 is 56.6 Å². The number of carbonyl (C=O) groups excluding carboxylic acids is 2. The van der Waals surface area contributed by atoms with Crippen LogP contribution in [0.4, 0.5) is 0 Å². The molecule has 40 heavy (non-hydrogen) atoms. The maximum atomic E-state index is 13.7. The van der Waals surface area contributed by atoms with Crippen molar-refractivity contribution in [1.82, 2.24) is 14.2 Å². The maximum absolute atomic E-state index is 13.7. The SMILES string of the molecule is CC1C(CC(N)=O)N(C(=O)c2ccc(-c3ccncc3)cc2)CCN1S(=O)(=O)c1ccc2cc(Cl)ccc2c1.Cl. The lowest BCUT2D eigenvalue weighted by Gasteiger charge is -2.45. The summed E-state index contributed by atoms with van der Waals surface area (Å²) >= 11 is 6.07. The molecule has 1 fully saturated rings. The van der Waals surface area contributed by atoms with Gasteiger partial charge in [-0.3, -0.25) is 14.6 Å². The minimum Gasteiger partial charge on any atom is -0.370 e. The number of nitrogens with zero attached hydrogens (tertiary/aromatic N) is 3. The van der Waals surface area contributed by atoms with Gasteiger partial charge in [-0.05, 0) is 77.4 Å². The van der Waals surface area contributed by atoms with E-state index in [2.05, 4.69) is 4.98 Å². The van der Waals surface area contributed by atoms with E-state index in [1.165, 1.54) is 4.31 Å². The molecule has 0 spiro atoms. The molecule has 0 saturated carbocycles. The second kappa shape index (κ2) is 11.9. The number of hydrogen-bond acceptors (Lipinski definition) is 5. The molecule has 2 amide bonds. The highest BCUT2D eigenvalue weighted by Crippen LogP contribution is 2.30. The molecule has 4 aromatic rings. The van der Waals surface area contributed by atoms with Crippen LogP contribution in [0.1, 0.15) is 23.7 Å². The number of primary amides is 1. The summed E-state index contributed by atoms with van der Waals surface area (Å²) in [4.78, 5) is 31.3. The van der Waals surface area contributed by atoms with Gasteiger partial charge in [0, 0.05) is 48.5 Å². The van der Waals surface area contributed by atoms with Gasteiger partial charge in [-0.2, -0.15) is 4.31 Å². The molecule has 3 aromatic carbocycles. The Morgan fingerprint density at radius 2 is 1.55 bits per heavy atom. The van der Waals surface area contributed by atoms with Crippen molar-refractivity contribution < 1.29 is 18.0 Å². The van der Waals surface area contributed by atoms with Crippen LogP contribution in [0.25, 0.3) is 21.9 Å². The van der Waals surface area contributed by atoms with Crippen LogP contribution in [0.2, 0.25) is 5.02 Å². The number of benzene rings is 3. The predicted molar refractivity (Wildman–Crippen MR) is 158 cm³/mol. The van der Waals surface area contributed by atoms with Gasteiger partial charge >= 0.3 is 0 Å². The molecule has 0 bridgehead atoms. The Morgan fingerprint density at radius 1 is 0.925 bits per heavy atom. The van der Waals surface area contributed by atoms with Gasteiger partial charge in [0.05, 0.1) is 10.9 Å². The number of fused-ring (bicyclic) bond motifs is 1. The Balaban J connectivity index is 0.00000370. The second-order valence-corrected chi connectivity index (χ2v) is 11.9. The molecule has 1 aromatic heterocycles. The van der Waals surface area contributed by atoms with Crippen LogP contribution < -0.4 is 5.73 Å². The number of rotatable bonds is 6. The lowest BCUT2D eigenvalue weighted by Crippen LogP contribution is -2.62. The largest absolute Gasteiger partial charge is 0.370 e. The summed E-state index contributed by atoms with van der Waals surface area (Å²) in [5.74, 6) is -0.895. The summed E-state index contributed by atoms with van der Waals surface area (Å²) in [6.07, 6.45) is 3.24. The van der Waals surface area contributed by atoms with E-state index in [4.69, 9.17) is 17.3 Å². The minimum absolute atomic E-state index is 0. The Labute approximate surface area is 244 Å². The van der Waals surface area contributed by atoms with Crippen molar-refractivity contribution in [2.24, 2.45) is 5.73 Å². The van der Waals surface area contributed by atoms with Crippen molar-refractivity contribution in [2.45, 2.75) is 30.3 Å². The van der Waals surface area contributed by atoms with Crippen molar-refractivity contribution in [3.8, 4) is 11.1 Å². The normalized spacial score (nSPS) is 17.8. The number of pyridine rings is 1. The molecule has 0 aliphatic carbocycles. The van der Waals surface area contributed by atoms with Crippen LogP contribution >= 0.6 is 24.0 Å². The Kier molecular flexibility index (Phi) is 8.80. The van der Waals surface area contributed by atoms with Crippen molar-refractivity contribution in [1.29, 1.82) is 0 Å². The molecule has 1 aliphatic rings. The highest BCUT2D eigenvalue weighted by atomic mass is 35.5. The van der Waals surface area contributed by atoms with E-state index in [9.17, 15) is 18.0 Å². The zero-order valence-electron chi connectivity index (χ0n) is 21.6. The van der Waals surface area contributed by atoms with Crippen LogP contribution in [0.5, 0.6) is 0 Å². The number of sulfonamides is 1. The molecule has 2 unspecified atom stereocenters. The van der Waals surface area contributed by atoms with Gasteiger partial charge < -0.3 is 10.6 Å². The summed E-state index contributed by atoms with van der Waals surface area (Å²) in [5, 5.41) is 2.13. The third-order valence-electron chi connectivity index (χ3n) is 7.17. The summed E-state index contributed by atoms with van der Waals surface area (Å²) in [6, 6.07) is 19.6. The van der Waals surface area contributed by atoms with Gasteiger partial charge in [-0.1, -0.05) is 35.9 Å². The Bertz CT molecular complexity index is 1650. The molecule has 11 heteroatoms. The molecule has 2 heterocycles. The number of piperazine rings is 1. The fourth-order valence-electron chi connectivity index (χ4n) is 5.11. The van der Waals surface area contributed by atoms with E-state index in [1.54, 1.807) is 72.7 Å². The van der Waals surface area contributed by atoms with Gasteiger partial charge in [-0.15, -0.1) is 12.4 Å². The number of hydrogen-bond donors (Lipinski definition) is 1. The smallest absolute Gasteiger partial charge is 0.254 e. The summed E-state index contributed by atoms with van der Waals surface area (Å²) in [5.41, 5.74) is 7.90. The lowest BCUT2D eigenvalue weighted by atomic mass is 9.99. The Morgan fingerprint density at radius 3 is 2.23 bits per heavy atom. The third-order valence-corrected chi connectivity index (χ3v) is 9.39. The molecule has 0 radical (unpaired) electrons. The zero-order valence-corrected chi connectivity index (χ0v) is 24.0. The number of carbonyl (C=O) groups is 2. The highest BCUT2D eigenvalue weighted by molar-refractivity contribution is 7.89. The fourth-order valence-corrected chi connectivity index (χ4v) is 6.98. The van der Waals surface area contributed by atoms with Crippen molar-refractivity contribution in [2.75, 3.05) is 13.1 Å². The zero-order chi connectivity index (χ0) is 27.7. The molecular formula is C29H28Cl2N4O4S. The minimum atomic E-state index is -3.93. The molecule has 208 valence electrons. The summed E-state index contributed by atoms with van der Waals surface area (Å²) in [7, 11) is -3.93. The average molecular weight is 600 g/mol. The first-order valence-corrected chi connectivity index (χ1v) is 14.3. The monoisotopic (exact) mass is 598 g/mol. The average Bonchev–Trinajstić information content (AvgIpc) is 2.93. The van der Waals surface area contributed by atoms with Crippen LogP contribution in [-0.2, 0) is 14.8 Å². The quantitative estimate of drug-likeness (QED) is 0.344. The molecule has 8 nitrogen and oxygen atoms in total. The number of halogens is 2. The molecular weight excluding hydrogens is 571 g/mol. The number of aromatic nitrogens is 1. The number of nitrogens with two attached hydrogens (primary N) is 1. The van der Waals surface area contributed by atoms with Gasteiger partial charge in [0.2, 0.25) is 15.9 Å². The number of amides is 2. The third kappa shape index (κ3) is 5.83. The van der Waals surface area contributed by atoms with E-state index >= 15 is 0 Å². The predicted octanol–water partition coefficient (Wildman–Crippen LogP) is 4.76. The van der Waals surface area contributed by atoms with E-state index in [-0.39, 0.29) is 42.7 Å². The van der Waals surface area contributed by atoms with Crippen LogP contribution in [-0.4, -0.2) is 59.6 Å². The summed E-state index contributed by atoms with van der Waals surface area (Å²) < 4.78 is 28.8. The maximum Gasteiger partial charge on any atom is 0.254 e. The highest BCUT2D eigenvalue weighted by Gasteiger charge is 2.42. The fraction of sp³-hybridized carbons (Fsp3) is 0.207. The van der Waals surface area contributed by atoms with Crippen LogP contribution in [0, 0.1) is 0 Å². The van der Waals surface area contributed by atoms with E-state index in [0.717, 1.165) is 21.9 Å². The van der Waals surface area contributed by atoms with Gasteiger partial charge in [0.15, 0.2) is 0 Å². The molecule has 1 saturated heterocycles. The second-order valence-electron chi connectivity index (χ2n) is 9.56. The van der Waals surface area contributed by atoms with Gasteiger partial charge in [0.1, 0.15) is 0 Å². The first kappa shape index (κ1) is 29.5. The van der Waals surface area contributed by atoms with E-state index in [0.29, 0.717) is 10.6 Å². The van der Waals surface area contributed by atoms with E-state index < -0.39 is 28.0 Å². The molecule has 2 N–H and O–H groups in total. The molecule has 2 atom stereocenters. The van der Waals surface area contributed by atoms with Crippen molar-refractivity contribution in [3.63, 3.8) is 0 Å². The topological polar surface area (TPSA) is 114 Å². The standard InChI is InChI=1S/C29H27ClN4O4S.ClH/c1-19-27(18-28(31)35)33(29(36)22-4-2-20(3-5-22)21-10-12-32-13-11-21)14-15-34(19)39(37,38)26-9-7-23-16-25(30)8-6-24(23)17-26;/h2-13,16-17,19,27H,14-15,18H2,1H3,(H2,31,35);1H. The first-order chi connectivity index (χ1) is 18.6.